The fourth-order valence-electron chi connectivity index (χ4n) is 1.98. The first-order valence-corrected chi connectivity index (χ1v) is 6.90. The van der Waals surface area contributed by atoms with Crippen LogP contribution in [0.4, 0.5) is 4.39 Å². The second-order valence-corrected chi connectivity index (χ2v) is 4.93. The molecule has 0 saturated heterocycles. The van der Waals surface area contributed by atoms with Gasteiger partial charge in [-0.3, -0.25) is 0 Å². The molecule has 0 aliphatic carbocycles. The van der Waals surface area contributed by atoms with Gasteiger partial charge in [-0.05, 0) is 30.8 Å². The Morgan fingerprint density at radius 1 is 1.24 bits per heavy atom. The van der Waals surface area contributed by atoms with Crippen molar-refractivity contribution in [2.24, 2.45) is 0 Å². The molecule has 112 valence electrons. The van der Waals surface area contributed by atoms with Crippen molar-refractivity contribution < 1.29 is 13.9 Å². The van der Waals surface area contributed by atoms with Gasteiger partial charge in [0, 0.05) is 12.1 Å². The number of hydrogen-bond donors (Lipinski definition) is 1. The van der Waals surface area contributed by atoms with E-state index in [-0.39, 0.29) is 12.4 Å². The molecule has 1 N–H and O–H groups in total. The van der Waals surface area contributed by atoms with Gasteiger partial charge in [0.05, 0.1) is 12.1 Å². The fraction of sp³-hybridized carbons (Fsp3) is 0.250. The van der Waals surface area contributed by atoms with Crippen LogP contribution in [0, 0.1) is 5.82 Å². The Bertz CT molecular complexity index is 619. The van der Waals surface area contributed by atoms with E-state index < -0.39 is 0 Å². The van der Waals surface area contributed by atoms with Crippen LogP contribution in [-0.2, 0) is 13.2 Å². The molecule has 0 aromatic heterocycles. The summed E-state index contributed by atoms with van der Waals surface area (Å²) in [5.41, 5.74) is 1.45. The van der Waals surface area contributed by atoms with E-state index in [0.717, 1.165) is 5.56 Å². The lowest BCUT2D eigenvalue weighted by atomic mass is 10.2. The average molecular weight is 310 g/mol. The molecular weight excluding hydrogens is 293 g/mol. The number of hydrogen-bond acceptors (Lipinski definition) is 3. The molecule has 2 rings (SSSR count). The largest absolute Gasteiger partial charge is 0.493 e. The van der Waals surface area contributed by atoms with E-state index in [1.165, 1.54) is 6.07 Å². The minimum atomic E-state index is -0.306. The van der Waals surface area contributed by atoms with Gasteiger partial charge in [-0.1, -0.05) is 29.8 Å². The number of benzene rings is 2. The van der Waals surface area contributed by atoms with Crippen molar-refractivity contribution in [3.63, 3.8) is 0 Å². The maximum absolute atomic E-state index is 13.6. The van der Waals surface area contributed by atoms with E-state index in [1.54, 1.807) is 31.4 Å². The number of halogens is 2. The zero-order valence-electron chi connectivity index (χ0n) is 12.0. The lowest BCUT2D eigenvalue weighted by Gasteiger charge is -2.14. The minimum absolute atomic E-state index is 0.0914. The predicted octanol–water partition coefficient (Wildman–Crippen LogP) is 3.79. The first-order valence-electron chi connectivity index (χ1n) is 6.53. The number of rotatable bonds is 6. The Labute approximate surface area is 128 Å². The molecule has 0 fully saturated rings. The van der Waals surface area contributed by atoms with Crippen LogP contribution in [0.2, 0.25) is 5.02 Å². The summed E-state index contributed by atoms with van der Waals surface area (Å²) in [6.07, 6.45) is 0. The summed E-state index contributed by atoms with van der Waals surface area (Å²) in [6, 6.07) is 10.1. The standard InChI is InChI=1S/C16H17ClFNO2/c1-19-9-11-7-13(17)16(15(8-11)20-2)21-10-12-5-3-4-6-14(12)18/h3-8,19H,9-10H2,1-2H3. The molecule has 0 aliphatic rings. The van der Waals surface area contributed by atoms with Crippen molar-refractivity contribution in [2.45, 2.75) is 13.2 Å². The number of methoxy groups -OCH3 is 1. The zero-order valence-corrected chi connectivity index (χ0v) is 12.7. The van der Waals surface area contributed by atoms with Crippen LogP contribution in [0.25, 0.3) is 0 Å². The highest BCUT2D eigenvalue weighted by molar-refractivity contribution is 6.32. The highest BCUT2D eigenvalue weighted by Gasteiger charge is 2.13. The Morgan fingerprint density at radius 3 is 2.67 bits per heavy atom. The molecule has 5 heteroatoms. The molecule has 0 atom stereocenters. The molecule has 2 aromatic carbocycles. The average Bonchev–Trinajstić information content (AvgIpc) is 2.47. The van der Waals surface area contributed by atoms with E-state index in [9.17, 15) is 4.39 Å². The van der Waals surface area contributed by atoms with Crippen LogP contribution in [0.5, 0.6) is 11.5 Å². The van der Waals surface area contributed by atoms with Crippen molar-refractivity contribution in [2.75, 3.05) is 14.2 Å². The third kappa shape index (κ3) is 3.86. The van der Waals surface area contributed by atoms with Crippen molar-refractivity contribution in [1.29, 1.82) is 0 Å². The number of ether oxygens (including phenoxy) is 2. The van der Waals surface area contributed by atoms with Gasteiger partial charge in [-0.2, -0.15) is 0 Å². The van der Waals surface area contributed by atoms with Gasteiger partial charge < -0.3 is 14.8 Å². The quantitative estimate of drug-likeness (QED) is 0.880. The topological polar surface area (TPSA) is 30.5 Å². The van der Waals surface area contributed by atoms with E-state index >= 15 is 0 Å². The summed E-state index contributed by atoms with van der Waals surface area (Å²) >= 11 is 6.23. The molecule has 0 spiro atoms. The summed E-state index contributed by atoms with van der Waals surface area (Å²) in [5, 5.41) is 3.48. The Kier molecular flexibility index (Phi) is 5.42. The predicted molar refractivity (Wildman–Crippen MR) is 81.5 cm³/mol. The Morgan fingerprint density at radius 2 is 2.00 bits per heavy atom. The summed E-state index contributed by atoms with van der Waals surface area (Å²) in [4.78, 5) is 0. The van der Waals surface area contributed by atoms with Crippen LogP contribution in [0.1, 0.15) is 11.1 Å². The molecular formula is C16H17ClFNO2. The Hall–Kier alpha value is -1.78. The van der Waals surface area contributed by atoms with Gasteiger partial charge in [0.2, 0.25) is 0 Å². The van der Waals surface area contributed by atoms with Gasteiger partial charge in [0.1, 0.15) is 12.4 Å². The van der Waals surface area contributed by atoms with E-state index in [4.69, 9.17) is 21.1 Å². The van der Waals surface area contributed by atoms with E-state index in [1.807, 2.05) is 13.1 Å². The molecule has 0 unspecified atom stereocenters. The molecule has 0 aliphatic heterocycles. The van der Waals surface area contributed by atoms with Crippen molar-refractivity contribution in [3.8, 4) is 11.5 Å². The fourth-order valence-corrected chi connectivity index (χ4v) is 2.27. The monoisotopic (exact) mass is 309 g/mol. The maximum atomic E-state index is 13.6. The van der Waals surface area contributed by atoms with Crippen molar-refractivity contribution in [3.05, 3.63) is 58.4 Å². The van der Waals surface area contributed by atoms with E-state index in [2.05, 4.69) is 5.32 Å². The smallest absolute Gasteiger partial charge is 0.180 e. The maximum Gasteiger partial charge on any atom is 0.180 e. The number of nitrogens with one attached hydrogen (secondary N) is 1. The molecule has 0 radical (unpaired) electrons. The van der Waals surface area contributed by atoms with Gasteiger partial charge in [-0.15, -0.1) is 0 Å². The summed E-state index contributed by atoms with van der Waals surface area (Å²) in [7, 11) is 3.40. The summed E-state index contributed by atoms with van der Waals surface area (Å²) < 4.78 is 24.5. The third-order valence-corrected chi connectivity index (χ3v) is 3.28. The molecule has 0 saturated carbocycles. The summed E-state index contributed by atoms with van der Waals surface area (Å²) in [5.74, 6) is 0.644. The van der Waals surface area contributed by atoms with Gasteiger partial charge in [0.15, 0.2) is 11.5 Å². The molecule has 2 aromatic rings. The normalized spacial score (nSPS) is 10.5. The molecule has 3 nitrogen and oxygen atoms in total. The third-order valence-electron chi connectivity index (χ3n) is 3.00. The van der Waals surface area contributed by atoms with Crippen LogP contribution >= 0.6 is 11.6 Å². The SMILES string of the molecule is CNCc1cc(Cl)c(OCc2ccccc2F)c(OC)c1. The molecule has 0 amide bonds. The molecule has 0 heterocycles. The van der Waals surface area contributed by atoms with Gasteiger partial charge in [-0.25, -0.2) is 4.39 Å². The van der Waals surface area contributed by atoms with Crippen LogP contribution < -0.4 is 14.8 Å². The minimum Gasteiger partial charge on any atom is -0.493 e. The second kappa shape index (κ2) is 7.29. The lowest BCUT2D eigenvalue weighted by molar-refractivity contribution is 0.279. The van der Waals surface area contributed by atoms with Crippen LogP contribution in [-0.4, -0.2) is 14.2 Å². The second-order valence-electron chi connectivity index (χ2n) is 4.52. The first kappa shape index (κ1) is 15.6. The van der Waals surface area contributed by atoms with Crippen molar-refractivity contribution >= 4 is 11.6 Å². The van der Waals surface area contributed by atoms with Crippen LogP contribution in [0.15, 0.2) is 36.4 Å². The highest BCUT2D eigenvalue weighted by Crippen LogP contribution is 2.37. The first-order chi connectivity index (χ1) is 10.2. The van der Waals surface area contributed by atoms with Gasteiger partial charge >= 0.3 is 0 Å². The molecule has 0 bridgehead atoms. The summed E-state index contributed by atoms with van der Waals surface area (Å²) in [6.45, 7) is 0.762. The molecule has 21 heavy (non-hydrogen) atoms. The lowest BCUT2D eigenvalue weighted by Crippen LogP contribution is -2.06. The van der Waals surface area contributed by atoms with Gasteiger partial charge in [0.25, 0.3) is 0 Å². The van der Waals surface area contributed by atoms with Crippen molar-refractivity contribution in [1.82, 2.24) is 5.32 Å². The Balaban J connectivity index is 2.21. The van der Waals surface area contributed by atoms with E-state index in [0.29, 0.717) is 28.6 Å². The zero-order chi connectivity index (χ0) is 15.2. The van der Waals surface area contributed by atoms with Crippen LogP contribution in [0.3, 0.4) is 0 Å². The highest BCUT2D eigenvalue weighted by atomic mass is 35.5.